The normalized spacial score (nSPS) is 25.8. The molecule has 1 saturated carbocycles. The van der Waals surface area contributed by atoms with E-state index in [9.17, 15) is 4.79 Å². The molecule has 1 aliphatic heterocycles. The number of nitrogens with zero attached hydrogens (tertiary/aromatic N) is 1. The van der Waals surface area contributed by atoms with Gasteiger partial charge in [0.2, 0.25) is 5.91 Å². The van der Waals surface area contributed by atoms with Crippen molar-refractivity contribution in [2.24, 2.45) is 17.6 Å². The smallest absolute Gasteiger partial charge is 0.227 e. The molecule has 2 unspecified atom stereocenters. The van der Waals surface area contributed by atoms with Gasteiger partial charge in [0.05, 0.1) is 6.42 Å². The van der Waals surface area contributed by atoms with Gasteiger partial charge in [-0.25, -0.2) is 0 Å². The van der Waals surface area contributed by atoms with Crippen molar-refractivity contribution in [2.75, 3.05) is 13.1 Å². The number of hydrogen-bond donors (Lipinski definition) is 1. The number of carbonyl (C=O) groups excluding carboxylic acids is 1. The summed E-state index contributed by atoms with van der Waals surface area (Å²) in [6.07, 6.45) is 1.87. The first-order valence-corrected chi connectivity index (χ1v) is 6.32. The van der Waals surface area contributed by atoms with Gasteiger partial charge in [-0.05, 0) is 29.4 Å². The van der Waals surface area contributed by atoms with Crippen LogP contribution in [0.3, 0.4) is 0 Å². The van der Waals surface area contributed by atoms with Gasteiger partial charge in [-0.3, -0.25) is 4.79 Å². The molecule has 2 fully saturated rings. The fourth-order valence-corrected chi connectivity index (χ4v) is 2.68. The lowest BCUT2D eigenvalue weighted by atomic mass is 10.1. The number of nitrogens with two attached hydrogens (primary N) is 1. The van der Waals surface area contributed by atoms with Crippen molar-refractivity contribution < 1.29 is 4.79 Å². The molecule has 0 bridgehead atoms. The topological polar surface area (TPSA) is 46.3 Å². The summed E-state index contributed by atoms with van der Waals surface area (Å²) in [4.78, 5) is 14.1. The summed E-state index contributed by atoms with van der Waals surface area (Å²) in [6, 6.07) is 8.03. The van der Waals surface area contributed by atoms with Gasteiger partial charge in [0.1, 0.15) is 0 Å². The predicted molar refractivity (Wildman–Crippen MR) is 66.2 cm³/mol. The maximum absolute atomic E-state index is 12.0. The number of hydrogen-bond acceptors (Lipinski definition) is 2. The second-order valence-electron chi connectivity index (χ2n) is 5.25. The number of carbonyl (C=O) groups is 1. The van der Waals surface area contributed by atoms with Gasteiger partial charge in [0, 0.05) is 19.6 Å². The number of likely N-dealkylation sites (tertiary alicyclic amines) is 1. The molecule has 0 aromatic heterocycles. The van der Waals surface area contributed by atoms with Gasteiger partial charge in [0.25, 0.3) is 0 Å². The quantitative estimate of drug-likeness (QED) is 0.847. The van der Waals surface area contributed by atoms with Crippen LogP contribution in [0, 0.1) is 11.8 Å². The molecule has 3 rings (SSSR count). The van der Waals surface area contributed by atoms with Gasteiger partial charge in [-0.2, -0.15) is 0 Å². The molecule has 1 amide bonds. The van der Waals surface area contributed by atoms with Crippen molar-refractivity contribution in [1.29, 1.82) is 0 Å². The Labute approximate surface area is 102 Å². The highest BCUT2D eigenvalue weighted by molar-refractivity contribution is 5.79. The molecule has 2 N–H and O–H groups in total. The molecule has 1 aromatic rings. The lowest BCUT2D eigenvalue weighted by Crippen LogP contribution is -2.31. The van der Waals surface area contributed by atoms with Gasteiger partial charge < -0.3 is 10.6 Å². The number of fused-ring (bicyclic) bond motifs is 1. The summed E-state index contributed by atoms with van der Waals surface area (Å²) in [5, 5.41) is 0. The van der Waals surface area contributed by atoms with Gasteiger partial charge in [-0.15, -0.1) is 0 Å². The Morgan fingerprint density at radius 2 is 1.76 bits per heavy atom. The van der Waals surface area contributed by atoms with E-state index < -0.39 is 0 Å². The fourth-order valence-electron chi connectivity index (χ4n) is 2.68. The second-order valence-corrected chi connectivity index (χ2v) is 5.25. The Hall–Kier alpha value is -1.35. The van der Waals surface area contributed by atoms with Crippen LogP contribution in [0.5, 0.6) is 0 Å². The molecular weight excluding hydrogens is 212 g/mol. The lowest BCUT2D eigenvalue weighted by molar-refractivity contribution is -0.129. The van der Waals surface area contributed by atoms with Crippen LogP contribution in [0.2, 0.25) is 0 Å². The van der Waals surface area contributed by atoms with Crippen LogP contribution in [0.4, 0.5) is 0 Å². The zero-order chi connectivity index (χ0) is 11.8. The summed E-state index contributed by atoms with van der Waals surface area (Å²) in [6.45, 7) is 2.54. The predicted octanol–water partition coefficient (Wildman–Crippen LogP) is 1.17. The molecular formula is C14H18N2O. The minimum absolute atomic E-state index is 0.276. The van der Waals surface area contributed by atoms with Crippen LogP contribution in [0.15, 0.2) is 24.3 Å². The Morgan fingerprint density at radius 1 is 1.18 bits per heavy atom. The average molecular weight is 230 g/mol. The molecule has 2 aliphatic rings. The van der Waals surface area contributed by atoms with Crippen molar-refractivity contribution in [3.05, 3.63) is 35.4 Å². The maximum Gasteiger partial charge on any atom is 0.227 e. The van der Waals surface area contributed by atoms with E-state index in [1.807, 2.05) is 29.2 Å². The molecule has 1 aliphatic carbocycles. The molecule has 1 saturated heterocycles. The van der Waals surface area contributed by atoms with E-state index in [-0.39, 0.29) is 5.91 Å². The molecule has 1 heterocycles. The lowest BCUT2D eigenvalue weighted by Gasteiger charge is -2.17. The summed E-state index contributed by atoms with van der Waals surface area (Å²) in [5.74, 6) is 1.91. The molecule has 3 nitrogen and oxygen atoms in total. The van der Waals surface area contributed by atoms with E-state index in [1.54, 1.807) is 0 Å². The second kappa shape index (κ2) is 4.15. The maximum atomic E-state index is 12.0. The minimum atomic E-state index is 0.276. The van der Waals surface area contributed by atoms with Gasteiger partial charge in [-0.1, -0.05) is 24.3 Å². The molecule has 17 heavy (non-hydrogen) atoms. The Balaban J connectivity index is 1.59. The van der Waals surface area contributed by atoms with Gasteiger partial charge in [0.15, 0.2) is 0 Å². The van der Waals surface area contributed by atoms with Crippen molar-refractivity contribution in [2.45, 2.75) is 19.4 Å². The van der Waals surface area contributed by atoms with E-state index in [0.29, 0.717) is 13.0 Å². The zero-order valence-corrected chi connectivity index (χ0v) is 9.93. The molecule has 90 valence electrons. The molecule has 0 radical (unpaired) electrons. The third kappa shape index (κ3) is 2.20. The van der Waals surface area contributed by atoms with Crippen molar-refractivity contribution in [3.8, 4) is 0 Å². The molecule has 1 aromatic carbocycles. The summed E-state index contributed by atoms with van der Waals surface area (Å²) in [7, 11) is 0. The first kappa shape index (κ1) is 10.8. The Kier molecular flexibility index (Phi) is 2.63. The first-order chi connectivity index (χ1) is 8.26. The average Bonchev–Trinajstić information content (AvgIpc) is 2.97. The zero-order valence-electron chi connectivity index (χ0n) is 9.93. The van der Waals surface area contributed by atoms with Crippen molar-refractivity contribution >= 4 is 5.91 Å². The molecule has 3 heteroatoms. The summed E-state index contributed by atoms with van der Waals surface area (Å²) >= 11 is 0. The summed E-state index contributed by atoms with van der Waals surface area (Å²) < 4.78 is 0. The Morgan fingerprint density at radius 3 is 2.35 bits per heavy atom. The third-order valence-electron chi connectivity index (χ3n) is 3.95. The van der Waals surface area contributed by atoms with Crippen molar-refractivity contribution in [3.63, 3.8) is 0 Å². The number of benzene rings is 1. The monoisotopic (exact) mass is 230 g/mol. The highest BCUT2D eigenvalue weighted by atomic mass is 16.2. The third-order valence-corrected chi connectivity index (χ3v) is 3.95. The van der Waals surface area contributed by atoms with Crippen LogP contribution in [0.1, 0.15) is 17.5 Å². The molecule has 0 spiro atoms. The fraction of sp³-hybridized carbons (Fsp3) is 0.500. The first-order valence-electron chi connectivity index (χ1n) is 6.32. The van der Waals surface area contributed by atoms with Crippen molar-refractivity contribution in [1.82, 2.24) is 4.90 Å². The van der Waals surface area contributed by atoms with Crippen LogP contribution in [0.25, 0.3) is 0 Å². The highest BCUT2D eigenvalue weighted by Gasteiger charge is 2.46. The van der Waals surface area contributed by atoms with E-state index >= 15 is 0 Å². The molecule has 2 atom stereocenters. The number of amides is 1. The largest absolute Gasteiger partial charge is 0.342 e. The highest BCUT2D eigenvalue weighted by Crippen LogP contribution is 2.44. The Bertz CT molecular complexity index is 416. The summed E-state index contributed by atoms with van der Waals surface area (Å²) in [5.41, 5.74) is 7.75. The minimum Gasteiger partial charge on any atom is -0.342 e. The van der Waals surface area contributed by atoms with Crippen LogP contribution >= 0.6 is 0 Å². The van der Waals surface area contributed by atoms with Gasteiger partial charge >= 0.3 is 0 Å². The van der Waals surface area contributed by atoms with E-state index in [4.69, 9.17) is 5.73 Å². The van der Waals surface area contributed by atoms with Crippen LogP contribution < -0.4 is 5.73 Å². The van der Waals surface area contributed by atoms with E-state index in [2.05, 4.69) is 0 Å². The number of rotatable bonds is 3. The standard InChI is InChI=1S/C14H18N2O/c15-7-11-3-1-10(2-4-11)5-14(17)16-8-12-6-13(12)9-16/h1-4,12-13H,5-9,15H2. The van der Waals surface area contributed by atoms with Crippen LogP contribution in [-0.4, -0.2) is 23.9 Å². The van der Waals surface area contributed by atoms with E-state index in [0.717, 1.165) is 36.1 Å². The van der Waals surface area contributed by atoms with E-state index in [1.165, 1.54) is 6.42 Å². The number of piperidine rings is 1. The SMILES string of the molecule is NCc1ccc(CC(=O)N2CC3CC3C2)cc1. The van der Waals surface area contributed by atoms with Crippen LogP contribution in [-0.2, 0) is 17.8 Å².